The largest absolute Gasteiger partial charge is 0.476 e. The molecule has 41 heavy (non-hydrogen) atoms. The number of aliphatic imine (C=N–C) groups is 1. The molecule has 0 bridgehead atoms. The molecule has 0 saturated heterocycles. The Hall–Kier alpha value is -4.33. The number of hydrogen-bond acceptors (Lipinski definition) is 7. The Balaban J connectivity index is 2.14. The van der Waals surface area contributed by atoms with Crippen molar-refractivity contribution in [2.75, 3.05) is 20.2 Å². The maximum Gasteiger partial charge on any atom is 0.415 e. The monoisotopic (exact) mass is 557 g/mol. The molecule has 0 aliphatic carbocycles. The third-order valence-electron chi connectivity index (χ3n) is 6.83. The summed E-state index contributed by atoms with van der Waals surface area (Å²) in [6, 6.07) is 20.0. The average molecular weight is 558 g/mol. The normalized spacial score (nSPS) is 15.7. The molecule has 1 aliphatic heterocycles. The Morgan fingerprint density at radius 1 is 1.10 bits per heavy atom. The van der Waals surface area contributed by atoms with Gasteiger partial charge < -0.3 is 20.2 Å². The van der Waals surface area contributed by atoms with E-state index < -0.39 is 17.2 Å². The summed E-state index contributed by atoms with van der Waals surface area (Å²) in [6.07, 6.45) is 3.83. The lowest BCUT2D eigenvalue weighted by Gasteiger charge is -2.43. The van der Waals surface area contributed by atoms with Crippen LogP contribution in [-0.2, 0) is 9.47 Å². The highest BCUT2D eigenvalue weighted by Gasteiger charge is 2.37. The zero-order valence-electron chi connectivity index (χ0n) is 25.3. The Bertz CT molecular complexity index is 1300. The van der Waals surface area contributed by atoms with Gasteiger partial charge in [-0.1, -0.05) is 74.2 Å². The molecule has 0 spiro atoms. The first kappa shape index (κ1) is 31.2. The SMILES string of the molecule is C=C(C)C1=C(N(C)C(C)(/C=C(\C=N\N)N=C(c2ccccc2)c2ccccc2)CC)OCCN1C(=O)OC(C)(C)C. The standard InChI is InChI=1S/C33H43N5O3/c1-9-33(7,37(8)30-29(24(2)3)38(20-21-40-30)31(39)41-32(4,5)6)22-27(23-35-34)36-28(25-16-12-10-13-17-25)26-18-14-11-15-19-26/h10-19,22-23H,2,9,20-21,34H2,1,3-8H3/b27-22+,35-23+. The number of hydrogen-bond donors (Lipinski definition) is 1. The van der Waals surface area contributed by atoms with Gasteiger partial charge in [-0.05, 0) is 52.7 Å². The molecule has 1 amide bonds. The van der Waals surface area contributed by atoms with Gasteiger partial charge in [0, 0.05) is 18.2 Å². The number of carbonyl (C=O) groups is 1. The van der Waals surface area contributed by atoms with Gasteiger partial charge in [0.05, 0.1) is 29.7 Å². The molecule has 1 unspecified atom stereocenters. The fourth-order valence-corrected chi connectivity index (χ4v) is 4.48. The van der Waals surface area contributed by atoms with Crippen LogP contribution in [0.25, 0.3) is 0 Å². The van der Waals surface area contributed by atoms with E-state index >= 15 is 0 Å². The van der Waals surface area contributed by atoms with Crippen molar-refractivity contribution in [3.8, 4) is 0 Å². The van der Waals surface area contributed by atoms with Crippen LogP contribution in [0, 0.1) is 0 Å². The summed E-state index contributed by atoms with van der Waals surface area (Å²) in [6.45, 7) is 16.4. The first-order valence-electron chi connectivity index (χ1n) is 13.8. The summed E-state index contributed by atoms with van der Waals surface area (Å²) in [4.78, 5) is 21.8. The fraction of sp³-hybridized carbons (Fsp3) is 0.364. The summed E-state index contributed by atoms with van der Waals surface area (Å²) in [7, 11) is 1.94. The van der Waals surface area contributed by atoms with Crippen molar-refractivity contribution in [1.29, 1.82) is 0 Å². The molecule has 0 fully saturated rings. The number of benzene rings is 2. The van der Waals surface area contributed by atoms with E-state index in [9.17, 15) is 4.79 Å². The number of nitrogens with zero attached hydrogens (tertiary/aromatic N) is 4. The number of hydrazone groups is 1. The van der Waals surface area contributed by atoms with Crippen molar-refractivity contribution >= 4 is 18.0 Å². The van der Waals surface area contributed by atoms with Crippen molar-refractivity contribution in [3.05, 3.63) is 107 Å². The summed E-state index contributed by atoms with van der Waals surface area (Å²) in [5.41, 5.74) is 3.37. The summed E-state index contributed by atoms with van der Waals surface area (Å²) in [5, 5.41) is 3.83. The number of ether oxygens (including phenoxy) is 2. The molecular weight excluding hydrogens is 514 g/mol. The van der Waals surface area contributed by atoms with E-state index in [1.54, 1.807) is 11.1 Å². The summed E-state index contributed by atoms with van der Waals surface area (Å²) < 4.78 is 11.9. The van der Waals surface area contributed by atoms with E-state index in [1.807, 2.05) is 106 Å². The molecule has 218 valence electrons. The van der Waals surface area contributed by atoms with Crippen LogP contribution in [0.5, 0.6) is 0 Å². The number of rotatable bonds is 9. The molecule has 0 radical (unpaired) electrons. The van der Waals surface area contributed by atoms with Crippen molar-refractivity contribution in [2.45, 2.75) is 59.1 Å². The van der Waals surface area contributed by atoms with Crippen molar-refractivity contribution in [1.82, 2.24) is 9.80 Å². The Labute approximate surface area is 244 Å². The molecule has 2 aromatic carbocycles. The maximum atomic E-state index is 13.2. The highest BCUT2D eigenvalue weighted by Crippen LogP contribution is 2.33. The van der Waals surface area contributed by atoms with E-state index in [2.05, 4.69) is 25.5 Å². The minimum Gasteiger partial charge on any atom is -0.476 e. The average Bonchev–Trinajstić information content (AvgIpc) is 2.95. The molecular formula is C33H43N5O3. The molecule has 0 aromatic heterocycles. The van der Waals surface area contributed by atoms with Gasteiger partial charge >= 0.3 is 6.09 Å². The molecule has 2 N–H and O–H groups in total. The second kappa shape index (κ2) is 13.4. The number of allylic oxidation sites excluding steroid dienone is 2. The quantitative estimate of drug-likeness (QED) is 0.217. The smallest absolute Gasteiger partial charge is 0.415 e. The van der Waals surface area contributed by atoms with E-state index in [0.29, 0.717) is 42.4 Å². The molecule has 8 nitrogen and oxygen atoms in total. The van der Waals surface area contributed by atoms with Crippen molar-refractivity contribution < 1.29 is 14.3 Å². The van der Waals surface area contributed by atoms with Crippen molar-refractivity contribution in [2.24, 2.45) is 15.9 Å². The summed E-state index contributed by atoms with van der Waals surface area (Å²) in [5.74, 6) is 6.20. The van der Waals surface area contributed by atoms with Crippen LogP contribution in [0.15, 0.2) is 106 Å². The van der Waals surface area contributed by atoms with Gasteiger partial charge in [0.2, 0.25) is 5.88 Å². The second-order valence-electron chi connectivity index (χ2n) is 11.2. The molecule has 1 atom stereocenters. The van der Waals surface area contributed by atoms with Gasteiger partial charge in [0.25, 0.3) is 0 Å². The number of carbonyl (C=O) groups excluding carboxylic acids is 1. The molecule has 2 aromatic rings. The highest BCUT2D eigenvalue weighted by molar-refractivity contribution is 6.14. The Kier molecular flexibility index (Phi) is 10.2. The lowest BCUT2D eigenvalue weighted by atomic mass is 9.94. The predicted octanol–water partition coefficient (Wildman–Crippen LogP) is 6.47. The lowest BCUT2D eigenvalue weighted by molar-refractivity contribution is 0.00535. The third-order valence-corrected chi connectivity index (χ3v) is 6.83. The number of amides is 1. The molecule has 0 saturated carbocycles. The first-order chi connectivity index (χ1) is 19.4. The van der Waals surface area contributed by atoms with Crippen LogP contribution in [-0.4, -0.2) is 59.2 Å². The van der Waals surface area contributed by atoms with Gasteiger partial charge in [-0.2, -0.15) is 5.10 Å². The van der Waals surface area contributed by atoms with Gasteiger partial charge in [-0.3, -0.25) is 4.90 Å². The van der Waals surface area contributed by atoms with Gasteiger partial charge in [-0.25, -0.2) is 9.79 Å². The molecule has 1 aliphatic rings. The molecule has 3 rings (SSSR count). The van der Waals surface area contributed by atoms with E-state index in [0.717, 1.165) is 16.8 Å². The van der Waals surface area contributed by atoms with E-state index in [-0.39, 0.29) is 0 Å². The van der Waals surface area contributed by atoms with Crippen LogP contribution in [0.3, 0.4) is 0 Å². The Morgan fingerprint density at radius 2 is 1.66 bits per heavy atom. The van der Waals surface area contributed by atoms with Crippen LogP contribution in [0.1, 0.15) is 59.1 Å². The lowest BCUT2D eigenvalue weighted by Crippen LogP contribution is -2.48. The number of likely N-dealkylation sites (N-methyl/N-ethyl adjacent to an activating group) is 1. The van der Waals surface area contributed by atoms with Gasteiger partial charge in [0.15, 0.2) is 0 Å². The highest BCUT2D eigenvalue weighted by atomic mass is 16.6. The molecule has 8 heteroatoms. The van der Waals surface area contributed by atoms with E-state index in [4.69, 9.17) is 20.3 Å². The topological polar surface area (TPSA) is 92.7 Å². The zero-order valence-corrected chi connectivity index (χ0v) is 25.3. The third kappa shape index (κ3) is 7.87. The van der Waals surface area contributed by atoms with Crippen LogP contribution in [0.4, 0.5) is 4.79 Å². The first-order valence-corrected chi connectivity index (χ1v) is 13.8. The number of nitrogens with two attached hydrogens (primary N) is 1. The summed E-state index contributed by atoms with van der Waals surface area (Å²) >= 11 is 0. The maximum absolute atomic E-state index is 13.2. The van der Waals surface area contributed by atoms with Gasteiger partial charge in [0.1, 0.15) is 17.9 Å². The minimum atomic E-state index is -0.633. The van der Waals surface area contributed by atoms with Crippen LogP contribution >= 0.6 is 0 Å². The zero-order chi connectivity index (χ0) is 30.2. The van der Waals surface area contributed by atoms with Gasteiger partial charge in [-0.15, -0.1) is 0 Å². The molecule has 1 heterocycles. The predicted molar refractivity (Wildman–Crippen MR) is 166 cm³/mol. The van der Waals surface area contributed by atoms with E-state index in [1.165, 1.54) is 0 Å². The Morgan fingerprint density at radius 3 is 2.12 bits per heavy atom. The van der Waals surface area contributed by atoms with Crippen LogP contribution in [0.2, 0.25) is 0 Å². The second-order valence-corrected chi connectivity index (χ2v) is 11.2. The van der Waals surface area contributed by atoms with Crippen LogP contribution < -0.4 is 5.84 Å². The minimum absolute atomic E-state index is 0.320. The fourth-order valence-electron chi connectivity index (χ4n) is 4.48. The van der Waals surface area contributed by atoms with Crippen molar-refractivity contribution in [3.63, 3.8) is 0 Å².